The maximum Gasteiger partial charge on any atom is 0.0538 e. The molecule has 1 N–H and O–H groups in total. The van der Waals surface area contributed by atoms with Crippen LogP contribution in [-0.4, -0.2) is 16.3 Å². The van der Waals surface area contributed by atoms with Crippen molar-refractivity contribution < 1.29 is 0 Å². The minimum absolute atomic E-state index is 0.907. The van der Waals surface area contributed by atoms with E-state index in [-0.39, 0.29) is 0 Å². The molecular weight excluding hydrogens is 234 g/mol. The van der Waals surface area contributed by atoms with E-state index in [1.54, 1.807) is 10.9 Å². The van der Waals surface area contributed by atoms with Crippen LogP contribution in [0.15, 0.2) is 19.0 Å². The van der Waals surface area contributed by atoms with Crippen LogP contribution in [0.5, 0.6) is 0 Å². The molecular formula is C16H29N3. The molecule has 0 bridgehead atoms. The van der Waals surface area contributed by atoms with Gasteiger partial charge in [-0.05, 0) is 13.0 Å². The van der Waals surface area contributed by atoms with Crippen LogP contribution >= 0.6 is 0 Å². The van der Waals surface area contributed by atoms with Gasteiger partial charge in [0.1, 0.15) is 0 Å². The van der Waals surface area contributed by atoms with E-state index in [0.717, 1.165) is 13.1 Å². The fourth-order valence-corrected chi connectivity index (χ4v) is 2.19. The van der Waals surface area contributed by atoms with E-state index in [9.17, 15) is 0 Å². The van der Waals surface area contributed by atoms with Crippen LogP contribution in [0.25, 0.3) is 6.20 Å². The van der Waals surface area contributed by atoms with Crippen LogP contribution in [0.2, 0.25) is 0 Å². The highest BCUT2D eigenvalue weighted by atomic mass is 15.2. The van der Waals surface area contributed by atoms with Crippen molar-refractivity contribution in [1.82, 2.24) is 15.1 Å². The van der Waals surface area contributed by atoms with Gasteiger partial charge in [0.2, 0.25) is 0 Å². The number of hydrogen-bond acceptors (Lipinski definition) is 2. The van der Waals surface area contributed by atoms with Crippen molar-refractivity contribution in [3.63, 3.8) is 0 Å². The van der Waals surface area contributed by atoms with Gasteiger partial charge in [-0.3, -0.25) is 0 Å². The number of hydrogen-bond donors (Lipinski definition) is 1. The smallest absolute Gasteiger partial charge is 0.0538 e. The molecule has 0 fully saturated rings. The van der Waals surface area contributed by atoms with Crippen molar-refractivity contribution in [2.45, 2.75) is 64.8 Å². The average Bonchev–Trinajstić information content (AvgIpc) is 2.89. The Morgan fingerprint density at radius 2 is 1.84 bits per heavy atom. The van der Waals surface area contributed by atoms with Crippen molar-refractivity contribution in [1.29, 1.82) is 0 Å². The highest BCUT2D eigenvalue weighted by Gasteiger charge is 1.96. The second-order valence-electron chi connectivity index (χ2n) is 5.16. The highest BCUT2D eigenvalue weighted by Crippen LogP contribution is 2.08. The molecule has 0 aliphatic carbocycles. The first-order valence-corrected chi connectivity index (χ1v) is 7.73. The Balaban J connectivity index is 1.87. The third-order valence-electron chi connectivity index (χ3n) is 3.38. The molecule has 0 saturated heterocycles. The minimum Gasteiger partial charge on any atom is -0.313 e. The molecule has 108 valence electrons. The number of nitrogens with one attached hydrogen (secondary N) is 1. The van der Waals surface area contributed by atoms with Crippen LogP contribution in [-0.2, 0) is 6.54 Å². The highest BCUT2D eigenvalue weighted by molar-refractivity contribution is 5.17. The van der Waals surface area contributed by atoms with Crippen LogP contribution in [0, 0.1) is 0 Å². The Labute approximate surface area is 118 Å². The van der Waals surface area contributed by atoms with Gasteiger partial charge < -0.3 is 5.32 Å². The van der Waals surface area contributed by atoms with E-state index in [2.05, 4.69) is 23.9 Å². The van der Waals surface area contributed by atoms with E-state index in [1.807, 2.05) is 12.4 Å². The fourth-order valence-electron chi connectivity index (χ4n) is 2.19. The molecule has 3 heteroatoms. The van der Waals surface area contributed by atoms with Crippen LogP contribution in [0.4, 0.5) is 0 Å². The molecule has 1 aromatic heterocycles. The zero-order chi connectivity index (χ0) is 13.8. The molecule has 0 saturated carbocycles. The molecule has 0 spiro atoms. The largest absolute Gasteiger partial charge is 0.313 e. The van der Waals surface area contributed by atoms with Gasteiger partial charge in [0, 0.05) is 24.5 Å². The van der Waals surface area contributed by atoms with Gasteiger partial charge in [-0.25, -0.2) is 4.68 Å². The summed E-state index contributed by atoms with van der Waals surface area (Å²) >= 11 is 0. The standard InChI is InChI=1S/C16H29N3/c1-3-5-6-7-8-9-10-11-12-17-13-16-14-18-19(4-2)15-16/h4,14-15,17H,2-3,5-13H2,1H3. The number of unbranched alkanes of at least 4 members (excludes halogenated alkanes) is 7. The van der Waals surface area contributed by atoms with Crippen molar-refractivity contribution in [3.05, 3.63) is 24.5 Å². The maximum atomic E-state index is 4.16. The molecule has 3 nitrogen and oxygen atoms in total. The summed E-state index contributed by atoms with van der Waals surface area (Å²) < 4.78 is 1.74. The lowest BCUT2D eigenvalue weighted by Crippen LogP contribution is -2.14. The van der Waals surface area contributed by atoms with Gasteiger partial charge in [-0.2, -0.15) is 5.10 Å². The Morgan fingerprint density at radius 1 is 1.16 bits per heavy atom. The lowest BCUT2D eigenvalue weighted by molar-refractivity contribution is 0.555. The molecule has 1 aromatic rings. The average molecular weight is 263 g/mol. The monoisotopic (exact) mass is 263 g/mol. The third kappa shape index (κ3) is 7.83. The van der Waals surface area contributed by atoms with E-state index >= 15 is 0 Å². The zero-order valence-electron chi connectivity index (χ0n) is 12.4. The van der Waals surface area contributed by atoms with E-state index in [1.165, 1.54) is 56.9 Å². The van der Waals surface area contributed by atoms with E-state index < -0.39 is 0 Å². The van der Waals surface area contributed by atoms with Gasteiger partial charge in [0.25, 0.3) is 0 Å². The summed E-state index contributed by atoms with van der Waals surface area (Å²) in [6, 6.07) is 0. The van der Waals surface area contributed by atoms with Crippen molar-refractivity contribution in [2.24, 2.45) is 0 Å². The van der Waals surface area contributed by atoms with Gasteiger partial charge in [-0.1, -0.05) is 58.4 Å². The van der Waals surface area contributed by atoms with E-state index in [4.69, 9.17) is 0 Å². The predicted octanol–water partition coefficient (Wildman–Crippen LogP) is 4.21. The molecule has 0 aliphatic rings. The maximum absolute atomic E-state index is 4.16. The van der Waals surface area contributed by atoms with Crippen molar-refractivity contribution in [2.75, 3.05) is 6.54 Å². The number of nitrogens with zero attached hydrogens (tertiary/aromatic N) is 2. The molecule has 0 aliphatic heterocycles. The van der Waals surface area contributed by atoms with Crippen molar-refractivity contribution >= 4 is 6.20 Å². The predicted molar refractivity (Wildman–Crippen MR) is 82.9 cm³/mol. The number of rotatable bonds is 12. The van der Waals surface area contributed by atoms with Gasteiger partial charge >= 0.3 is 0 Å². The summed E-state index contributed by atoms with van der Waals surface area (Å²) in [5.41, 5.74) is 1.22. The molecule has 0 amide bonds. The Morgan fingerprint density at radius 3 is 2.47 bits per heavy atom. The summed E-state index contributed by atoms with van der Waals surface area (Å²) in [6.07, 6.45) is 16.6. The van der Waals surface area contributed by atoms with Gasteiger partial charge in [0.15, 0.2) is 0 Å². The molecule has 1 heterocycles. The Hall–Kier alpha value is -1.09. The summed E-state index contributed by atoms with van der Waals surface area (Å²) in [5.74, 6) is 0. The lowest BCUT2D eigenvalue weighted by atomic mass is 10.1. The zero-order valence-corrected chi connectivity index (χ0v) is 12.4. The first-order chi connectivity index (χ1) is 9.36. The lowest BCUT2D eigenvalue weighted by Gasteiger charge is -2.03. The van der Waals surface area contributed by atoms with Crippen molar-refractivity contribution in [3.8, 4) is 0 Å². The minimum atomic E-state index is 0.907. The number of aromatic nitrogens is 2. The second-order valence-corrected chi connectivity index (χ2v) is 5.16. The first kappa shape index (κ1) is 16.0. The molecule has 0 unspecified atom stereocenters. The molecule has 0 radical (unpaired) electrons. The fraction of sp³-hybridized carbons (Fsp3) is 0.688. The second kappa shape index (κ2) is 10.8. The topological polar surface area (TPSA) is 29.9 Å². The molecule has 0 aromatic carbocycles. The molecule has 1 rings (SSSR count). The summed E-state index contributed by atoms with van der Waals surface area (Å²) in [6.45, 7) is 7.96. The SMILES string of the molecule is C=Cn1cc(CNCCCCCCCCCC)cn1. The summed E-state index contributed by atoms with van der Waals surface area (Å²) in [5, 5.41) is 7.62. The third-order valence-corrected chi connectivity index (χ3v) is 3.38. The van der Waals surface area contributed by atoms with Crippen LogP contribution in [0.1, 0.15) is 63.9 Å². The Kier molecular flexibility index (Phi) is 9.07. The van der Waals surface area contributed by atoms with Crippen LogP contribution in [0.3, 0.4) is 0 Å². The summed E-state index contributed by atoms with van der Waals surface area (Å²) in [7, 11) is 0. The summed E-state index contributed by atoms with van der Waals surface area (Å²) in [4.78, 5) is 0. The Bertz CT molecular complexity index is 330. The van der Waals surface area contributed by atoms with E-state index in [0.29, 0.717) is 0 Å². The quantitative estimate of drug-likeness (QED) is 0.572. The molecule has 19 heavy (non-hydrogen) atoms. The first-order valence-electron chi connectivity index (χ1n) is 7.73. The molecule has 0 atom stereocenters. The van der Waals surface area contributed by atoms with Gasteiger partial charge in [-0.15, -0.1) is 0 Å². The van der Waals surface area contributed by atoms with Gasteiger partial charge in [0.05, 0.1) is 6.20 Å². The van der Waals surface area contributed by atoms with Crippen LogP contribution < -0.4 is 5.32 Å². The normalized spacial score (nSPS) is 10.8.